The van der Waals surface area contributed by atoms with Gasteiger partial charge in [-0.25, -0.2) is 0 Å². The predicted octanol–water partition coefficient (Wildman–Crippen LogP) is 2.60. The number of hydrogen-bond donors (Lipinski definition) is 1. The lowest BCUT2D eigenvalue weighted by Crippen LogP contribution is -2.47. The number of hydrogen-bond acceptors (Lipinski definition) is 4. The number of likely N-dealkylation sites (tertiary alicyclic amines) is 1. The lowest BCUT2D eigenvalue weighted by molar-refractivity contribution is -0.181. The number of carbonyl (C=O) groups is 2. The van der Waals surface area contributed by atoms with Crippen LogP contribution in [0.4, 0.5) is 0 Å². The van der Waals surface area contributed by atoms with E-state index in [1.807, 2.05) is 35.2 Å². The Bertz CT molecular complexity index is 819. The summed E-state index contributed by atoms with van der Waals surface area (Å²) in [6.07, 6.45) is 1.39. The number of rotatable bonds is 4. The fourth-order valence-corrected chi connectivity index (χ4v) is 3.66. The first-order valence-corrected chi connectivity index (χ1v) is 9.65. The molecule has 0 radical (unpaired) electrons. The standard InChI is InChI=1S/C22H24N2O4/c25-20(23-16-17-4-2-1-3-5-17)18-6-8-19(9-7-18)21(26)24-12-10-22(11-13-24)27-14-15-28-22/h1-9H,10-16H2,(H,23,25). The van der Waals surface area contributed by atoms with E-state index in [0.29, 0.717) is 56.8 Å². The number of nitrogens with one attached hydrogen (secondary N) is 1. The Kier molecular flexibility index (Phi) is 5.41. The molecule has 0 saturated carbocycles. The Morgan fingerprint density at radius 1 is 0.893 bits per heavy atom. The van der Waals surface area contributed by atoms with Crippen molar-refractivity contribution in [3.05, 3.63) is 71.3 Å². The first-order chi connectivity index (χ1) is 13.7. The topological polar surface area (TPSA) is 67.9 Å². The third kappa shape index (κ3) is 4.08. The van der Waals surface area contributed by atoms with Crippen LogP contribution in [0.15, 0.2) is 54.6 Å². The monoisotopic (exact) mass is 380 g/mol. The highest BCUT2D eigenvalue weighted by Crippen LogP contribution is 2.31. The lowest BCUT2D eigenvalue weighted by atomic mass is 10.0. The summed E-state index contributed by atoms with van der Waals surface area (Å²) < 4.78 is 11.4. The Hall–Kier alpha value is -2.70. The van der Waals surface area contributed by atoms with Crippen molar-refractivity contribution in [2.24, 2.45) is 0 Å². The molecule has 2 heterocycles. The molecule has 0 aliphatic carbocycles. The van der Waals surface area contributed by atoms with Crippen LogP contribution in [0.1, 0.15) is 39.1 Å². The molecule has 1 N–H and O–H groups in total. The van der Waals surface area contributed by atoms with Crippen molar-refractivity contribution in [3.8, 4) is 0 Å². The molecule has 0 unspecified atom stereocenters. The normalized spacial score (nSPS) is 18.2. The third-order valence-electron chi connectivity index (χ3n) is 5.32. The van der Waals surface area contributed by atoms with Gasteiger partial charge in [0.15, 0.2) is 5.79 Å². The van der Waals surface area contributed by atoms with Gasteiger partial charge in [-0.05, 0) is 29.8 Å². The summed E-state index contributed by atoms with van der Waals surface area (Å²) in [7, 11) is 0. The second-order valence-corrected chi connectivity index (χ2v) is 7.15. The first-order valence-electron chi connectivity index (χ1n) is 9.65. The van der Waals surface area contributed by atoms with Crippen LogP contribution >= 0.6 is 0 Å². The van der Waals surface area contributed by atoms with Crippen LogP contribution in [-0.2, 0) is 16.0 Å². The molecular weight excluding hydrogens is 356 g/mol. The molecule has 2 saturated heterocycles. The van der Waals surface area contributed by atoms with E-state index in [9.17, 15) is 9.59 Å². The molecule has 6 heteroatoms. The molecular formula is C22H24N2O4. The largest absolute Gasteiger partial charge is 0.348 e. The molecule has 28 heavy (non-hydrogen) atoms. The van der Waals surface area contributed by atoms with Gasteiger partial charge in [-0.15, -0.1) is 0 Å². The number of amides is 2. The second kappa shape index (κ2) is 8.12. The number of benzene rings is 2. The van der Waals surface area contributed by atoms with Gasteiger partial charge in [-0.1, -0.05) is 30.3 Å². The van der Waals surface area contributed by atoms with E-state index in [2.05, 4.69) is 5.32 Å². The maximum absolute atomic E-state index is 12.7. The van der Waals surface area contributed by atoms with Crippen molar-refractivity contribution in [3.63, 3.8) is 0 Å². The van der Waals surface area contributed by atoms with Crippen LogP contribution in [0.2, 0.25) is 0 Å². The van der Waals surface area contributed by atoms with Gasteiger partial charge in [0.05, 0.1) is 13.2 Å². The average molecular weight is 380 g/mol. The van der Waals surface area contributed by atoms with Crippen molar-refractivity contribution >= 4 is 11.8 Å². The molecule has 0 bridgehead atoms. The van der Waals surface area contributed by atoms with E-state index in [1.165, 1.54) is 0 Å². The molecule has 2 aliphatic heterocycles. The number of carbonyl (C=O) groups excluding carboxylic acids is 2. The molecule has 1 spiro atoms. The van der Waals surface area contributed by atoms with Crippen LogP contribution in [0, 0.1) is 0 Å². The average Bonchev–Trinajstić information content (AvgIpc) is 3.21. The maximum Gasteiger partial charge on any atom is 0.253 e. The Morgan fingerprint density at radius 3 is 2.14 bits per heavy atom. The molecule has 2 fully saturated rings. The highest BCUT2D eigenvalue weighted by molar-refractivity contribution is 5.97. The summed E-state index contributed by atoms with van der Waals surface area (Å²) >= 11 is 0. The minimum atomic E-state index is -0.489. The number of piperidine rings is 1. The summed E-state index contributed by atoms with van der Waals surface area (Å²) in [6, 6.07) is 16.6. The first kappa shape index (κ1) is 18.7. The SMILES string of the molecule is O=C(NCc1ccccc1)c1ccc(C(=O)N2CCC3(CC2)OCCO3)cc1. The van der Waals surface area contributed by atoms with Crippen LogP contribution in [0.3, 0.4) is 0 Å². The molecule has 2 aliphatic rings. The van der Waals surface area contributed by atoms with Crippen LogP contribution in [0.5, 0.6) is 0 Å². The van der Waals surface area contributed by atoms with E-state index in [4.69, 9.17) is 9.47 Å². The third-order valence-corrected chi connectivity index (χ3v) is 5.32. The second-order valence-electron chi connectivity index (χ2n) is 7.15. The summed E-state index contributed by atoms with van der Waals surface area (Å²) in [5.41, 5.74) is 2.17. The van der Waals surface area contributed by atoms with E-state index in [0.717, 1.165) is 5.56 Å². The molecule has 6 nitrogen and oxygen atoms in total. The Morgan fingerprint density at radius 2 is 1.50 bits per heavy atom. The van der Waals surface area contributed by atoms with Gasteiger partial charge in [0, 0.05) is 43.6 Å². The van der Waals surface area contributed by atoms with Gasteiger partial charge in [0.25, 0.3) is 11.8 Å². The minimum absolute atomic E-state index is 0.0240. The van der Waals surface area contributed by atoms with Crippen LogP contribution < -0.4 is 5.32 Å². The summed E-state index contributed by atoms with van der Waals surface area (Å²) in [4.78, 5) is 26.9. The van der Waals surface area contributed by atoms with Crippen molar-refractivity contribution < 1.29 is 19.1 Å². The van der Waals surface area contributed by atoms with E-state index >= 15 is 0 Å². The molecule has 4 rings (SSSR count). The molecule has 2 aromatic carbocycles. The van der Waals surface area contributed by atoms with Gasteiger partial charge in [-0.2, -0.15) is 0 Å². The molecule has 0 atom stereocenters. The molecule has 2 aromatic rings. The van der Waals surface area contributed by atoms with E-state index in [-0.39, 0.29) is 11.8 Å². The van der Waals surface area contributed by atoms with Crippen molar-refractivity contribution in [1.29, 1.82) is 0 Å². The van der Waals surface area contributed by atoms with Crippen LogP contribution in [0.25, 0.3) is 0 Å². The van der Waals surface area contributed by atoms with Gasteiger partial charge in [0.1, 0.15) is 0 Å². The van der Waals surface area contributed by atoms with Crippen molar-refractivity contribution in [1.82, 2.24) is 10.2 Å². The molecule has 0 aromatic heterocycles. The lowest BCUT2D eigenvalue weighted by Gasteiger charge is -2.37. The van der Waals surface area contributed by atoms with Gasteiger partial charge < -0.3 is 19.7 Å². The Balaban J connectivity index is 1.32. The summed E-state index contributed by atoms with van der Waals surface area (Å²) in [5.74, 6) is -0.667. The van der Waals surface area contributed by atoms with Gasteiger partial charge in [0.2, 0.25) is 0 Å². The highest BCUT2D eigenvalue weighted by Gasteiger charge is 2.40. The predicted molar refractivity (Wildman–Crippen MR) is 104 cm³/mol. The fourth-order valence-electron chi connectivity index (χ4n) is 3.66. The zero-order chi connectivity index (χ0) is 19.4. The maximum atomic E-state index is 12.7. The van der Waals surface area contributed by atoms with Crippen molar-refractivity contribution in [2.75, 3.05) is 26.3 Å². The smallest absolute Gasteiger partial charge is 0.253 e. The summed E-state index contributed by atoms with van der Waals surface area (Å²) in [5, 5.41) is 2.89. The zero-order valence-electron chi connectivity index (χ0n) is 15.7. The Labute approximate surface area is 164 Å². The zero-order valence-corrected chi connectivity index (χ0v) is 15.7. The quantitative estimate of drug-likeness (QED) is 0.885. The van der Waals surface area contributed by atoms with Gasteiger partial charge in [-0.3, -0.25) is 9.59 Å². The number of nitrogens with zero attached hydrogens (tertiary/aromatic N) is 1. The number of ether oxygens (including phenoxy) is 2. The van der Waals surface area contributed by atoms with E-state index < -0.39 is 5.79 Å². The van der Waals surface area contributed by atoms with Crippen molar-refractivity contribution in [2.45, 2.75) is 25.2 Å². The summed E-state index contributed by atoms with van der Waals surface area (Å²) in [6.45, 7) is 2.94. The van der Waals surface area contributed by atoms with E-state index in [1.54, 1.807) is 24.3 Å². The highest BCUT2D eigenvalue weighted by atomic mass is 16.7. The molecule has 2 amide bonds. The van der Waals surface area contributed by atoms with Crippen LogP contribution in [-0.4, -0.2) is 48.8 Å². The minimum Gasteiger partial charge on any atom is -0.348 e. The fraction of sp³-hybridized carbons (Fsp3) is 0.364. The van der Waals surface area contributed by atoms with Gasteiger partial charge >= 0.3 is 0 Å². The molecule has 146 valence electrons.